The summed E-state index contributed by atoms with van der Waals surface area (Å²) in [5.41, 5.74) is 0. The van der Waals surface area contributed by atoms with Crippen LogP contribution in [0.25, 0.3) is 0 Å². The van der Waals surface area contributed by atoms with Gasteiger partial charge in [-0.25, -0.2) is 0 Å². The minimum absolute atomic E-state index is 0.0534. The van der Waals surface area contributed by atoms with E-state index in [0.717, 1.165) is 63.1 Å². The summed E-state index contributed by atoms with van der Waals surface area (Å²) in [7, 11) is 2.08. The highest BCUT2D eigenvalue weighted by atomic mass is 33.1. The van der Waals surface area contributed by atoms with Crippen molar-refractivity contribution in [3.05, 3.63) is 0 Å². The monoisotopic (exact) mass is 756 g/mol. The molecule has 0 aromatic rings. The van der Waals surface area contributed by atoms with Crippen molar-refractivity contribution >= 4 is 81.8 Å². The summed E-state index contributed by atoms with van der Waals surface area (Å²) in [5, 5.41) is 5.02. The molecule has 3 unspecified atom stereocenters. The molecule has 0 saturated carbocycles. The number of carbonyl (C=O) groups is 8. The van der Waals surface area contributed by atoms with Crippen LogP contribution in [0.4, 0.5) is 0 Å². The molecule has 21 heteroatoms. The lowest BCUT2D eigenvalue weighted by atomic mass is 9.96. The van der Waals surface area contributed by atoms with Gasteiger partial charge in [0.1, 0.15) is 24.3 Å². The van der Waals surface area contributed by atoms with Crippen molar-refractivity contribution in [2.75, 3.05) is 5.75 Å². The fourth-order valence-electron chi connectivity index (χ4n) is 4.99. The predicted octanol–water partition coefficient (Wildman–Crippen LogP) is -0.0641. The first-order chi connectivity index (χ1) is 22.8. The number of amides is 2. The first kappa shape index (κ1) is 41.9. The lowest BCUT2D eigenvalue weighted by Gasteiger charge is -2.46. The predicted molar refractivity (Wildman–Crippen MR) is 171 cm³/mol. The Kier molecular flexibility index (Phi) is 16.4. The Hall–Kier alpha value is -3.27. The Labute approximate surface area is 295 Å². The molecule has 2 aliphatic rings. The summed E-state index contributed by atoms with van der Waals surface area (Å²) in [4.78, 5) is 96.5. The van der Waals surface area contributed by atoms with Gasteiger partial charge in [-0.2, -0.15) is 12.6 Å². The molecular formula is C28H40N2O16S3. The van der Waals surface area contributed by atoms with Crippen LogP contribution in [0.5, 0.6) is 0 Å². The number of esters is 6. The van der Waals surface area contributed by atoms with E-state index in [-0.39, 0.29) is 5.75 Å². The Balaban J connectivity index is 2.42. The summed E-state index contributed by atoms with van der Waals surface area (Å²) < 4.78 is 43.4. The molecule has 2 N–H and O–H groups in total. The number of nitrogens with one attached hydrogen (secondary N) is 2. The number of hydrogen-bond donors (Lipinski definition) is 3. The SMILES string of the molecule is CC(=O)N[C@H]1C(OC(C)=O)O[C@H](C(S)SSC[C@H]2OC(OC(C)=O)[C@H](NC(C)=O)[C@@H](OC(C)=O)[C@@H]2OC(C)=O)[C@@H](OC(C)=O)[C@@H]1OC(C)=O. The van der Waals surface area contributed by atoms with Gasteiger partial charge in [0.05, 0.1) is 4.58 Å². The number of carbonyl (C=O) groups excluding carboxylic acids is 8. The van der Waals surface area contributed by atoms with Crippen molar-refractivity contribution in [3.63, 3.8) is 0 Å². The fraction of sp³-hybridized carbons (Fsp3) is 0.714. The second-order valence-electron chi connectivity index (χ2n) is 10.8. The second-order valence-corrected chi connectivity index (χ2v) is 14.2. The molecule has 0 radical (unpaired) electrons. The number of hydrogen-bond acceptors (Lipinski definition) is 19. The summed E-state index contributed by atoms with van der Waals surface area (Å²) >= 11 is 4.62. The van der Waals surface area contributed by atoms with E-state index in [9.17, 15) is 38.4 Å². The van der Waals surface area contributed by atoms with Gasteiger partial charge >= 0.3 is 35.8 Å². The molecule has 0 aromatic carbocycles. The molecule has 49 heavy (non-hydrogen) atoms. The Morgan fingerprint density at radius 2 is 0.939 bits per heavy atom. The average molecular weight is 757 g/mol. The van der Waals surface area contributed by atoms with Gasteiger partial charge in [-0.1, -0.05) is 21.6 Å². The zero-order valence-electron chi connectivity index (χ0n) is 27.9. The van der Waals surface area contributed by atoms with Gasteiger partial charge in [-0.3, -0.25) is 38.4 Å². The number of thiol groups is 1. The third kappa shape index (κ3) is 13.2. The third-order valence-electron chi connectivity index (χ3n) is 6.42. The summed E-state index contributed by atoms with van der Waals surface area (Å²) in [6.45, 7) is 8.95. The second kappa shape index (κ2) is 19.2. The quantitative estimate of drug-likeness (QED) is 0.0734. The molecule has 11 atom stereocenters. The molecular weight excluding hydrogens is 717 g/mol. The standard InChI is InChI=1S/C28H40N2O16S3/c1-10(31)29-19-22(40-13(4)34)21(39-12(3)33)18(45-26(19)43-16(7)37)9-48-49-28(47)25-24(42-15(6)36)23(41-14(5)35)20(30-11(2)32)27(46-25)44-17(8)38/h18-28,47H,9H2,1-8H3,(H,29,31)(H,30,32)/t18-,19-,20-,21-,22-,23-,24+,25+,26?,27?,28?/m1/s1. The van der Waals surface area contributed by atoms with E-state index < -0.39 is 113 Å². The van der Waals surface area contributed by atoms with Crippen LogP contribution in [0.15, 0.2) is 0 Å². The molecule has 276 valence electrons. The molecule has 2 rings (SSSR count). The van der Waals surface area contributed by atoms with Crippen molar-refractivity contribution in [1.82, 2.24) is 10.6 Å². The highest BCUT2D eigenvalue weighted by molar-refractivity contribution is 8.78. The van der Waals surface area contributed by atoms with Crippen molar-refractivity contribution in [3.8, 4) is 0 Å². The summed E-state index contributed by atoms with van der Waals surface area (Å²) in [6.07, 6.45) is -10.7. The van der Waals surface area contributed by atoms with E-state index in [0.29, 0.717) is 0 Å². The molecule has 2 aliphatic heterocycles. The van der Waals surface area contributed by atoms with Crippen molar-refractivity contribution < 1.29 is 76.3 Å². The zero-order valence-corrected chi connectivity index (χ0v) is 30.4. The number of rotatable bonds is 13. The Morgan fingerprint density at radius 3 is 1.35 bits per heavy atom. The lowest BCUT2D eigenvalue weighted by Crippen LogP contribution is -2.67. The molecule has 18 nitrogen and oxygen atoms in total. The molecule has 2 fully saturated rings. The van der Waals surface area contributed by atoms with Crippen LogP contribution in [-0.2, 0) is 76.3 Å². The van der Waals surface area contributed by atoms with Gasteiger partial charge in [0.25, 0.3) is 0 Å². The molecule has 0 bridgehead atoms. The first-order valence-corrected chi connectivity index (χ1v) is 17.5. The molecule has 0 spiro atoms. The molecule has 0 aromatic heterocycles. The van der Waals surface area contributed by atoms with Crippen molar-refractivity contribution in [2.24, 2.45) is 0 Å². The highest BCUT2D eigenvalue weighted by Gasteiger charge is 2.54. The van der Waals surface area contributed by atoms with Crippen LogP contribution >= 0.6 is 34.2 Å². The largest absolute Gasteiger partial charge is 0.456 e. The van der Waals surface area contributed by atoms with Crippen LogP contribution < -0.4 is 10.6 Å². The van der Waals surface area contributed by atoms with E-state index in [1.54, 1.807) is 0 Å². The van der Waals surface area contributed by atoms with Gasteiger partial charge in [-0.05, 0) is 0 Å². The fourth-order valence-corrected chi connectivity index (χ4v) is 8.11. The van der Waals surface area contributed by atoms with E-state index in [1.165, 1.54) is 13.8 Å². The normalized spacial score (nSPS) is 30.0. The lowest BCUT2D eigenvalue weighted by molar-refractivity contribution is -0.261. The van der Waals surface area contributed by atoms with Crippen LogP contribution in [-0.4, -0.2) is 119 Å². The van der Waals surface area contributed by atoms with Gasteiger partial charge in [-0.15, -0.1) is 0 Å². The maximum atomic E-state index is 12.2. The Bertz CT molecular complexity index is 1270. The third-order valence-corrected chi connectivity index (χ3v) is 9.97. The van der Waals surface area contributed by atoms with E-state index in [2.05, 4.69) is 23.3 Å². The van der Waals surface area contributed by atoms with Crippen LogP contribution in [0.2, 0.25) is 0 Å². The summed E-state index contributed by atoms with van der Waals surface area (Å²) in [5.74, 6) is -5.95. The highest BCUT2D eigenvalue weighted by Crippen LogP contribution is 2.41. The van der Waals surface area contributed by atoms with Gasteiger partial charge in [0.2, 0.25) is 24.4 Å². The van der Waals surface area contributed by atoms with E-state index in [4.69, 9.17) is 37.9 Å². The average Bonchev–Trinajstić information content (AvgIpc) is 2.93. The van der Waals surface area contributed by atoms with Gasteiger partial charge in [0, 0.05) is 61.1 Å². The molecule has 2 saturated heterocycles. The molecule has 2 heterocycles. The van der Waals surface area contributed by atoms with Gasteiger partial charge < -0.3 is 48.5 Å². The maximum Gasteiger partial charge on any atom is 0.305 e. The first-order valence-electron chi connectivity index (χ1n) is 14.6. The topological polar surface area (TPSA) is 234 Å². The van der Waals surface area contributed by atoms with Crippen LogP contribution in [0.1, 0.15) is 55.4 Å². The number of ether oxygens (including phenoxy) is 8. The van der Waals surface area contributed by atoms with E-state index in [1.807, 2.05) is 0 Å². The Morgan fingerprint density at radius 1 is 0.571 bits per heavy atom. The van der Waals surface area contributed by atoms with Crippen molar-refractivity contribution in [2.45, 2.75) is 121 Å². The van der Waals surface area contributed by atoms with E-state index >= 15 is 0 Å². The maximum absolute atomic E-state index is 12.2. The zero-order chi connectivity index (χ0) is 37.2. The smallest absolute Gasteiger partial charge is 0.305 e. The summed E-state index contributed by atoms with van der Waals surface area (Å²) in [6, 6.07) is -2.54. The van der Waals surface area contributed by atoms with Gasteiger partial charge in [0.15, 0.2) is 24.4 Å². The van der Waals surface area contributed by atoms with Crippen LogP contribution in [0.3, 0.4) is 0 Å². The minimum atomic E-state index is -1.50. The van der Waals surface area contributed by atoms with Crippen molar-refractivity contribution in [1.29, 1.82) is 0 Å². The molecule has 2 amide bonds. The molecule has 0 aliphatic carbocycles. The van der Waals surface area contributed by atoms with Crippen LogP contribution in [0, 0.1) is 0 Å². The minimum Gasteiger partial charge on any atom is -0.456 e.